The van der Waals surface area contributed by atoms with Crippen molar-refractivity contribution in [2.75, 3.05) is 6.61 Å². The third kappa shape index (κ3) is 6.18. The van der Waals surface area contributed by atoms with Crippen molar-refractivity contribution < 1.29 is 19.1 Å². The number of nitrogens with one attached hydrogen (secondary N) is 1. The summed E-state index contributed by atoms with van der Waals surface area (Å²) in [6.45, 7) is 2.62. The average molecular weight is 657 g/mol. The van der Waals surface area contributed by atoms with Crippen molar-refractivity contribution in [3.8, 4) is 11.5 Å². The van der Waals surface area contributed by atoms with E-state index >= 15 is 0 Å². The van der Waals surface area contributed by atoms with Crippen LogP contribution in [-0.4, -0.2) is 27.8 Å². The molecule has 0 atom stereocenters. The van der Waals surface area contributed by atoms with Crippen molar-refractivity contribution in [3.63, 3.8) is 0 Å². The lowest BCUT2D eigenvalue weighted by molar-refractivity contribution is -0.123. The summed E-state index contributed by atoms with van der Waals surface area (Å²) in [6, 6.07) is 14.6. The summed E-state index contributed by atoms with van der Waals surface area (Å²) >= 11 is 16.2. The molecule has 0 radical (unpaired) electrons. The van der Waals surface area contributed by atoms with Crippen LogP contribution in [-0.2, 0) is 11.4 Å². The standard InChI is InChI=1S/C24H18ClIN2O4S3/c1-2-31-18-11-14(10-17(26)21(18)32-13-15-6-3-4-7-16(15)25)12-20-23(30)28(24(33)35-20)27-22(29)19-8-5-9-34-19/h3-12H,2,13H2,1H3,(H,27,29)/b20-12+. The fourth-order valence-corrected chi connectivity index (χ4v) is 5.88. The molecule has 4 rings (SSSR count). The molecule has 180 valence electrons. The van der Waals surface area contributed by atoms with E-state index in [1.807, 2.05) is 43.3 Å². The van der Waals surface area contributed by atoms with Gasteiger partial charge in [0.2, 0.25) is 0 Å². The maximum atomic E-state index is 12.9. The highest BCUT2D eigenvalue weighted by Gasteiger charge is 2.34. The number of hydrazine groups is 1. The Labute approximate surface area is 234 Å². The van der Waals surface area contributed by atoms with Gasteiger partial charge >= 0.3 is 0 Å². The molecule has 0 spiro atoms. The van der Waals surface area contributed by atoms with E-state index in [1.165, 1.54) is 11.3 Å². The molecule has 1 aliphatic heterocycles. The number of thioether (sulfide) groups is 1. The van der Waals surface area contributed by atoms with Crippen LogP contribution < -0.4 is 14.9 Å². The molecule has 6 nitrogen and oxygen atoms in total. The Morgan fingerprint density at radius 3 is 2.74 bits per heavy atom. The summed E-state index contributed by atoms with van der Waals surface area (Å²) in [4.78, 5) is 26.2. The van der Waals surface area contributed by atoms with E-state index in [-0.39, 0.29) is 16.8 Å². The molecular formula is C24H18ClIN2O4S3. The Balaban J connectivity index is 1.55. The highest BCUT2D eigenvalue weighted by Crippen LogP contribution is 2.38. The molecule has 1 aromatic heterocycles. The van der Waals surface area contributed by atoms with E-state index in [0.29, 0.717) is 32.9 Å². The fourth-order valence-electron chi connectivity index (χ4n) is 3.12. The van der Waals surface area contributed by atoms with Crippen molar-refractivity contribution in [1.29, 1.82) is 0 Å². The highest BCUT2D eigenvalue weighted by atomic mass is 127. The molecule has 1 aliphatic rings. The molecule has 0 aliphatic carbocycles. The number of hydrogen-bond acceptors (Lipinski definition) is 7. The first-order chi connectivity index (χ1) is 16.9. The zero-order valence-electron chi connectivity index (χ0n) is 18.2. The van der Waals surface area contributed by atoms with E-state index in [9.17, 15) is 9.59 Å². The van der Waals surface area contributed by atoms with E-state index in [2.05, 4.69) is 28.0 Å². The number of halogens is 2. The van der Waals surface area contributed by atoms with E-state index in [4.69, 9.17) is 33.3 Å². The Kier molecular flexibility index (Phi) is 8.71. The molecule has 2 amide bonds. The maximum Gasteiger partial charge on any atom is 0.285 e. The lowest BCUT2D eigenvalue weighted by Crippen LogP contribution is -2.44. The SMILES string of the molecule is CCOc1cc(/C=C2/SC(=S)N(NC(=O)c3cccs3)C2=O)cc(I)c1OCc1ccccc1Cl. The van der Waals surface area contributed by atoms with Crippen molar-refractivity contribution in [3.05, 3.63) is 83.4 Å². The molecule has 2 aromatic carbocycles. The van der Waals surface area contributed by atoms with E-state index < -0.39 is 5.91 Å². The second-order valence-corrected chi connectivity index (χ2v) is 11.3. The second kappa shape index (κ2) is 11.7. The molecule has 3 aromatic rings. The summed E-state index contributed by atoms with van der Waals surface area (Å²) in [5.41, 5.74) is 4.19. The number of hydrogen-bond donors (Lipinski definition) is 1. The minimum atomic E-state index is -0.392. The van der Waals surface area contributed by atoms with Gasteiger partial charge in [-0.05, 0) is 83.0 Å². The lowest BCUT2D eigenvalue weighted by Gasteiger charge is -2.15. The van der Waals surface area contributed by atoms with Crippen molar-refractivity contribution in [1.82, 2.24) is 10.4 Å². The summed E-state index contributed by atoms with van der Waals surface area (Å²) in [5.74, 6) is 0.377. The van der Waals surface area contributed by atoms with Crippen LogP contribution in [0.2, 0.25) is 5.02 Å². The third-order valence-corrected chi connectivity index (χ3v) is 8.05. The Hall–Kier alpha value is -2.12. The number of thiocarbonyl (C=S) groups is 1. The van der Waals surface area contributed by atoms with Crippen molar-refractivity contribution in [2.24, 2.45) is 0 Å². The molecular weight excluding hydrogens is 639 g/mol. The topological polar surface area (TPSA) is 67.9 Å². The van der Waals surface area contributed by atoms with Gasteiger partial charge in [-0.3, -0.25) is 15.0 Å². The van der Waals surface area contributed by atoms with Gasteiger partial charge in [0.15, 0.2) is 15.8 Å². The fraction of sp³-hybridized carbons (Fsp3) is 0.125. The molecule has 11 heteroatoms. The predicted octanol–water partition coefficient (Wildman–Crippen LogP) is 6.53. The number of thiophene rings is 1. The highest BCUT2D eigenvalue weighted by molar-refractivity contribution is 14.1. The van der Waals surface area contributed by atoms with Crippen LogP contribution in [0.15, 0.2) is 58.8 Å². The monoisotopic (exact) mass is 656 g/mol. The van der Waals surface area contributed by atoms with Gasteiger partial charge in [-0.2, -0.15) is 5.01 Å². The van der Waals surface area contributed by atoms with Gasteiger partial charge in [-0.1, -0.05) is 47.6 Å². The zero-order chi connectivity index (χ0) is 24.9. The lowest BCUT2D eigenvalue weighted by atomic mass is 10.1. The zero-order valence-corrected chi connectivity index (χ0v) is 23.6. The van der Waals surface area contributed by atoms with Crippen LogP contribution in [0, 0.1) is 3.57 Å². The van der Waals surface area contributed by atoms with E-state index in [1.54, 1.807) is 23.6 Å². The number of carbonyl (C=O) groups excluding carboxylic acids is 2. The van der Waals surface area contributed by atoms with E-state index in [0.717, 1.165) is 31.5 Å². The number of nitrogens with zero attached hydrogens (tertiary/aromatic N) is 1. The first kappa shape index (κ1) is 26.0. The molecule has 1 fully saturated rings. The molecule has 1 N–H and O–H groups in total. The minimum absolute atomic E-state index is 0.255. The van der Waals surface area contributed by atoms with Gasteiger partial charge in [0.1, 0.15) is 6.61 Å². The van der Waals surface area contributed by atoms with Gasteiger partial charge < -0.3 is 9.47 Å². The normalized spacial score (nSPS) is 14.5. The Bertz CT molecular complexity index is 1310. The molecule has 1 saturated heterocycles. The summed E-state index contributed by atoms with van der Waals surface area (Å²) < 4.78 is 13.0. The summed E-state index contributed by atoms with van der Waals surface area (Å²) in [7, 11) is 0. The molecule has 2 heterocycles. The maximum absolute atomic E-state index is 12.9. The Morgan fingerprint density at radius 1 is 1.23 bits per heavy atom. The van der Waals surface area contributed by atoms with Crippen molar-refractivity contribution in [2.45, 2.75) is 13.5 Å². The van der Waals surface area contributed by atoms with Gasteiger partial charge in [0.25, 0.3) is 11.8 Å². The van der Waals surface area contributed by atoms with Crippen molar-refractivity contribution >= 4 is 91.7 Å². The van der Waals surface area contributed by atoms with Crippen LogP contribution in [0.4, 0.5) is 0 Å². The molecule has 0 saturated carbocycles. The number of ether oxygens (including phenoxy) is 2. The largest absolute Gasteiger partial charge is 0.490 e. The van der Waals surface area contributed by atoms with Crippen LogP contribution in [0.3, 0.4) is 0 Å². The number of carbonyl (C=O) groups is 2. The first-order valence-electron chi connectivity index (χ1n) is 10.3. The second-order valence-electron chi connectivity index (χ2n) is 7.08. The molecule has 0 unspecified atom stereocenters. The van der Waals surface area contributed by atoms with Crippen LogP contribution in [0.25, 0.3) is 6.08 Å². The Morgan fingerprint density at radius 2 is 2.03 bits per heavy atom. The van der Waals surface area contributed by atoms with Crippen LogP contribution in [0.5, 0.6) is 11.5 Å². The first-order valence-corrected chi connectivity index (χ1v) is 13.9. The number of amides is 2. The van der Waals surface area contributed by atoms with Crippen LogP contribution >= 0.6 is 69.5 Å². The van der Waals surface area contributed by atoms with Crippen LogP contribution in [0.1, 0.15) is 27.7 Å². The number of rotatable bonds is 8. The predicted molar refractivity (Wildman–Crippen MR) is 153 cm³/mol. The molecule has 0 bridgehead atoms. The smallest absolute Gasteiger partial charge is 0.285 e. The third-order valence-electron chi connectivity index (χ3n) is 4.71. The summed E-state index contributed by atoms with van der Waals surface area (Å²) in [5, 5.41) is 3.52. The summed E-state index contributed by atoms with van der Waals surface area (Å²) in [6.07, 6.45) is 1.72. The molecule has 35 heavy (non-hydrogen) atoms. The van der Waals surface area contributed by atoms with Gasteiger partial charge in [-0.15, -0.1) is 11.3 Å². The van der Waals surface area contributed by atoms with Gasteiger partial charge in [0.05, 0.1) is 20.0 Å². The average Bonchev–Trinajstić information content (AvgIpc) is 3.45. The van der Waals surface area contributed by atoms with Gasteiger partial charge in [0, 0.05) is 10.6 Å². The quantitative estimate of drug-likeness (QED) is 0.169. The number of benzene rings is 2. The van der Waals surface area contributed by atoms with Gasteiger partial charge in [-0.25, -0.2) is 0 Å². The minimum Gasteiger partial charge on any atom is -0.490 e.